The summed E-state index contributed by atoms with van der Waals surface area (Å²) >= 11 is 0. The lowest BCUT2D eigenvalue weighted by Gasteiger charge is -2.29. The molecule has 0 unspecified atom stereocenters. The summed E-state index contributed by atoms with van der Waals surface area (Å²) in [6.07, 6.45) is 3.78. The minimum atomic E-state index is 0.957. The number of pyridine rings is 1. The topological polar surface area (TPSA) is 31.0 Å². The Morgan fingerprint density at radius 2 is 1.55 bits per heavy atom. The van der Waals surface area contributed by atoms with Crippen LogP contribution < -0.4 is 14.5 Å². The van der Waals surface area contributed by atoms with Crippen molar-refractivity contribution in [3.05, 3.63) is 59.9 Å². The largest absolute Gasteiger partial charge is 0.497 e. The molecule has 0 saturated carbocycles. The second kappa shape index (κ2) is 7.38. The van der Waals surface area contributed by atoms with Gasteiger partial charge in [0.1, 0.15) is 45.0 Å². The number of nitrogens with one attached hydrogen (secondary N) is 2. The summed E-state index contributed by atoms with van der Waals surface area (Å²) in [6.45, 7) is 7.16. The van der Waals surface area contributed by atoms with Gasteiger partial charge in [-0.3, -0.25) is 4.98 Å². The highest BCUT2D eigenvalue weighted by Crippen LogP contribution is 2.11. The molecule has 0 bridgehead atoms. The molecule has 22 heavy (non-hydrogen) atoms. The summed E-state index contributed by atoms with van der Waals surface area (Å²) < 4.78 is 5.31. The van der Waals surface area contributed by atoms with Gasteiger partial charge in [-0.1, -0.05) is 12.1 Å². The predicted molar refractivity (Wildman–Crippen MR) is 86.0 cm³/mol. The average Bonchev–Trinajstić information content (AvgIpc) is 2.58. The third-order valence-electron chi connectivity index (χ3n) is 4.46. The van der Waals surface area contributed by atoms with Crippen LogP contribution in [0.5, 0.6) is 5.75 Å². The number of hydrogen-bond donors (Lipinski definition) is 2. The second-order valence-corrected chi connectivity index (χ2v) is 6.06. The van der Waals surface area contributed by atoms with Gasteiger partial charge < -0.3 is 14.5 Å². The third kappa shape index (κ3) is 4.06. The van der Waals surface area contributed by atoms with E-state index in [4.69, 9.17) is 4.74 Å². The van der Waals surface area contributed by atoms with Crippen LogP contribution in [0, 0.1) is 0 Å². The zero-order chi connectivity index (χ0) is 15.2. The van der Waals surface area contributed by atoms with E-state index in [0.717, 1.165) is 18.8 Å². The Morgan fingerprint density at radius 3 is 2.18 bits per heavy atom. The Labute approximate surface area is 132 Å². The number of rotatable bonds is 5. The SMILES string of the molecule is COc1cccc(C[NH+]2CC[NH+](Cc3ccncc3)CC2)c1. The van der Waals surface area contributed by atoms with E-state index < -0.39 is 0 Å². The Hall–Kier alpha value is -1.91. The van der Waals surface area contributed by atoms with Gasteiger partial charge >= 0.3 is 0 Å². The zero-order valence-corrected chi connectivity index (χ0v) is 13.2. The fourth-order valence-electron chi connectivity index (χ4n) is 3.17. The number of hydrogen-bond acceptors (Lipinski definition) is 2. The van der Waals surface area contributed by atoms with E-state index in [0.29, 0.717) is 0 Å². The lowest BCUT2D eigenvalue weighted by Crippen LogP contribution is -3.27. The molecule has 1 aliphatic heterocycles. The van der Waals surface area contributed by atoms with Gasteiger partial charge in [-0.2, -0.15) is 0 Å². The summed E-state index contributed by atoms with van der Waals surface area (Å²) in [6, 6.07) is 12.7. The zero-order valence-electron chi connectivity index (χ0n) is 13.2. The Bertz CT molecular complexity index is 580. The van der Waals surface area contributed by atoms with Crippen molar-refractivity contribution in [1.82, 2.24) is 4.98 Å². The maximum absolute atomic E-state index is 5.31. The smallest absolute Gasteiger partial charge is 0.127 e. The summed E-state index contributed by atoms with van der Waals surface area (Å²) in [5.41, 5.74) is 2.76. The molecule has 4 heteroatoms. The maximum atomic E-state index is 5.31. The molecule has 3 rings (SSSR count). The molecule has 4 nitrogen and oxygen atoms in total. The number of methoxy groups -OCH3 is 1. The molecule has 1 aromatic carbocycles. The molecule has 1 fully saturated rings. The van der Waals surface area contributed by atoms with Crippen molar-refractivity contribution < 1.29 is 14.5 Å². The van der Waals surface area contributed by atoms with E-state index in [-0.39, 0.29) is 0 Å². The Kier molecular flexibility index (Phi) is 5.03. The van der Waals surface area contributed by atoms with Crippen molar-refractivity contribution in [2.75, 3.05) is 33.3 Å². The van der Waals surface area contributed by atoms with Crippen molar-refractivity contribution in [3.8, 4) is 5.75 Å². The molecule has 2 N–H and O–H groups in total. The first kappa shape index (κ1) is 15.0. The Balaban J connectivity index is 1.49. The van der Waals surface area contributed by atoms with Gasteiger partial charge in [-0.05, 0) is 24.3 Å². The molecule has 2 aromatic rings. The van der Waals surface area contributed by atoms with Crippen molar-refractivity contribution in [2.45, 2.75) is 13.1 Å². The normalized spacial score (nSPS) is 21.5. The van der Waals surface area contributed by atoms with E-state index in [1.807, 2.05) is 18.5 Å². The first-order valence-electron chi connectivity index (χ1n) is 8.02. The van der Waals surface area contributed by atoms with Crippen LogP contribution in [0.25, 0.3) is 0 Å². The highest BCUT2D eigenvalue weighted by atomic mass is 16.5. The highest BCUT2D eigenvalue weighted by Gasteiger charge is 2.23. The average molecular weight is 299 g/mol. The van der Waals surface area contributed by atoms with E-state index in [9.17, 15) is 0 Å². The second-order valence-electron chi connectivity index (χ2n) is 6.06. The summed E-state index contributed by atoms with van der Waals surface area (Å²) in [4.78, 5) is 7.44. The van der Waals surface area contributed by atoms with Crippen LogP contribution in [-0.2, 0) is 13.1 Å². The molecule has 1 saturated heterocycles. The Morgan fingerprint density at radius 1 is 0.909 bits per heavy atom. The van der Waals surface area contributed by atoms with Crippen LogP contribution in [0.1, 0.15) is 11.1 Å². The standard InChI is InChI=1S/C18H23N3O/c1-22-18-4-2-3-17(13-18)15-21-11-9-20(10-12-21)14-16-5-7-19-8-6-16/h2-8,13H,9-12,14-15H2,1H3/p+2. The van der Waals surface area contributed by atoms with Gasteiger partial charge in [-0.25, -0.2) is 0 Å². The van der Waals surface area contributed by atoms with Crippen LogP contribution in [0.4, 0.5) is 0 Å². The lowest BCUT2D eigenvalue weighted by molar-refractivity contribution is -1.02. The van der Waals surface area contributed by atoms with Crippen LogP contribution in [0.15, 0.2) is 48.8 Å². The number of piperazine rings is 1. The molecular formula is C18H25N3O+2. The molecule has 0 amide bonds. The molecule has 0 aliphatic carbocycles. The van der Waals surface area contributed by atoms with E-state index in [1.165, 1.54) is 37.3 Å². The molecule has 2 heterocycles. The molecule has 1 aromatic heterocycles. The van der Waals surface area contributed by atoms with Gasteiger partial charge in [0.05, 0.1) is 7.11 Å². The predicted octanol–water partition coefficient (Wildman–Crippen LogP) is -0.426. The van der Waals surface area contributed by atoms with Crippen LogP contribution in [0.2, 0.25) is 0 Å². The molecule has 1 aliphatic rings. The van der Waals surface area contributed by atoms with Gasteiger partial charge in [0, 0.05) is 23.5 Å². The summed E-state index contributed by atoms with van der Waals surface area (Å²) in [5.74, 6) is 0.957. The van der Waals surface area contributed by atoms with Gasteiger partial charge in [-0.15, -0.1) is 0 Å². The summed E-state index contributed by atoms with van der Waals surface area (Å²) in [7, 11) is 1.73. The van der Waals surface area contributed by atoms with Crippen molar-refractivity contribution in [2.24, 2.45) is 0 Å². The minimum absolute atomic E-state index is 0.957. The highest BCUT2D eigenvalue weighted by molar-refractivity contribution is 5.27. The molecule has 0 radical (unpaired) electrons. The lowest BCUT2D eigenvalue weighted by atomic mass is 10.1. The number of benzene rings is 1. The monoisotopic (exact) mass is 299 g/mol. The number of aromatic nitrogens is 1. The first-order chi connectivity index (χ1) is 10.8. The minimum Gasteiger partial charge on any atom is -0.497 e. The molecule has 0 atom stereocenters. The number of nitrogens with zero attached hydrogens (tertiary/aromatic N) is 1. The molecule has 0 spiro atoms. The van der Waals surface area contributed by atoms with Crippen LogP contribution >= 0.6 is 0 Å². The van der Waals surface area contributed by atoms with E-state index in [2.05, 4.69) is 35.3 Å². The number of quaternary nitrogens is 2. The quantitative estimate of drug-likeness (QED) is 0.785. The fourth-order valence-corrected chi connectivity index (χ4v) is 3.17. The van der Waals surface area contributed by atoms with Crippen LogP contribution in [0.3, 0.4) is 0 Å². The van der Waals surface area contributed by atoms with E-state index in [1.54, 1.807) is 16.9 Å². The van der Waals surface area contributed by atoms with Crippen molar-refractivity contribution >= 4 is 0 Å². The molecular weight excluding hydrogens is 274 g/mol. The van der Waals surface area contributed by atoms with Crippen molar-refractivity contribution in [1.29, 1.82) is 0 Å². The summed E-state index contributed by atoms with van der Waals surface area (Å²) in [5, 5.41) is 0. The van der Waals surface area contributed by atoms with E-state index >= 15 is 0 Å². The molecule has 116 valence electrons. The van der Waals surface area contributed by atoms with Gasteiger partial charge in [0.25, 0.3) is 0 Å². The maximum Gasteiger partial charge on any atom is 0.127 e. The van der Waals surface area contributed by atoms with Gasteiger partial charge in [0.2, 0.25) is 0 Å². The number of ether oxygens (including phenoxy) is 1. The first-order valence-corrected chi connectivity index (χ1v) is 8.02. The third-order valence-corrected chi connectivity index (χ3v) is 4.46. The van der Waals surface area contributed by atoms with Gasteiger partial charge in [0.15, 0.2) is 0 Å². The van der Waals surface area contributed by atoms with Crippen molar-refractivity contribution in [3.63, 3.8) is 0 Å². The fraction of sp³-hybridized carbons (Fsp3) is 0.389. The van der Waals surface area contributed by atoms with Crippen LogP contribution in [-0.4, -0.2) is 38.3 Å².